The van der Waals surface area contributed by atoms with Crippen LogP contribution >= 0.6 is 11.3 Å². The quantitative estimate of drug-likeness (QED) is 0.694. The molecule has 0 radical (unpaired) electrons. The SMILES string of the molecule is COc1ccccc1C(=O)c1cc2cnc(NC3CCOCC3)nc2s1. The molecular formula is C19H19N3O3S. The largest absolute Gasteiger partial charge is 0.496 e. The van der Waals surface area contributed by atoms with Gasteiger partial charge in [0.2, 0.25) is 11.7 Å². The molecule has 6 nitrogen and oxygen atoms in total. The Labute approximate surface area is 155 Å². The molecule has 1 fully saturated rings. The summed E-state index contributed by atoms with van der Waals surface area (Å²) in [6.07, 6.45) is 3.66. The second kappa shape index (κ2) is 7.39. The molecule has 0 aliphatic carbocycles. The first-order valence-electron chi connectivity index (χ1n) is 8.53. The predicted molar refractivity (Wildman–Crippen MR) is 101 cm³/mol. The Morgan fingerprint density at radius 3 is 2.92 bits per heavy atom. The number of hydrogen-bond acceptors (Lipinski definition) is 7. The zero-order chi connectivity index (χ0) is 17.9. The number of ketones is 1. The molecule has 0 saturated carbocycles. The third kappa shape index (κ3) is 3.40. The lowest BCUT2D eigenvalue weighted by atomic mass is 10.1. The molecule has 0 unspecified atom stereocenters. The summed E-state index contributed by atoms with van der Waals surface area (Å²) in [4.78, 5) is 23.2. The number of para-hydroxylation sites is 1. The fourth-order valence-corrected chi connectivity index (χ4v) is 3.96. The number of methoxy groups -OCH3 is 1. The summed E-state index contributed by atoms with van der Waals surface area (Å²) in [5.41, 5.74) is 0.551. The highest BCUT2D eigenvalue weighted by Crippen LogP contribution is 2.29. The topological polar surface area (TPSA) is 73.3 Å². The van der Waals surface area contributed by atoms with Crippen molar-refractivity contribution in [1.29, 1.82) is 0 Å². The zero-order valence-corrected chi connectivity index (χ0v) is 15.2. The maximum atomic E-state index is 12.9. The van der Waals surface area contributed by atoms with Gasteiger partial charge in [-0.3, -0.25) is 4.79 Å². The second-order valence-corrected chi connectivity index (χ2v) is 7.16. The molecule has 1 aliphatic rings. The molecule has 1 N–H and O–H groups in total. The number of hydrogen-bond donors (Lipinski definition) is 1. The Morgan fingerprint density at radius 1 is 1.31 bits per heavy atom. The molecule has 1 aliphatic heterocycles. The summed E-state index contributed by atoms with van der Waals surface area (Å²) in [5.74, 6) is 1.11. The zero-order valence-electron chi connectivity index (χ0n) is 14.4. The molecule has 7 heteroatoms. The van der Waals surface area contributed by atoms with Gasteiger partial charge in [-0.2, -0.15) is 0 Å². The number of thiophene rings is 1. The van der Waals surface area contributed by atoms with Gasteiger partial charge >= 0.3 is 0 Å². The molecule has 0 spiro atoms. The summed E-state index contributed by atoms with van der Waals surface area (Å²) in [5, 5.41) is 4.23. The third-order valence-corrected chi connectivity index (χ3v) is 5.45. The molecular weight excluding hydrogens is 350 g/mol. The number of nitrogens with one attached hydrogen (secondary N) is 1. The summed E-state index contributed by atoms with van der Waals surface area (Å²) in [7, 11) is 1.57. The number of fused-ring (bicyclic) bond motifs is 1. The lowest BCUT2D eigenvalue weighted by Gasteiger charge is -2.22. The molecule has 0 bridgehead atoms. The predicted octanol–water partition coefficient (Wildman–Crippen LogP) is 3.52. The van der Waals surface area contributed by atoms with E-state index in [1.807, 2.05) is 18.2 Å². The molecule has 2 aromatic heterocycles. The van der Waals surface area contributed by atoms with Crippen LogP contribution in [-0.2, 0) is 4.74 Å². The molecule has 0 atom stereocenters. The first kappa shape index (κ1) is 16.9. The number of nitrogens with zero attached hydrogens (tertiary/aromatic N) is 2. The van der Waals surface area contributed by atoms with Crippen molar-refractivity contribution in [2.24, 2.45) is 0 Å². The van der Waals surface area contributed by atoms with Crippen molar-refractivity contribution in [2.75, 3.05) is 25.6 Å². The van der Waals surface area contributed by atoms with E-state index < -0.39 is 0 Å². The van der Waals surface area contributed by atoms with Crippen LogP contribution in [-0.4, -0.2) is 42.1 Å². The first-order chi connectivity index (χ1) is 12.7. The van der Waals surface area contributed by atoms with Crippen LogP contribution in [0.5, 0.6) is 5.75 Å². The van der Waals surface area contributed by atoms with Crippen molar-refractivity contribution in [1.82, 2.24) is 9.97 Å². The number of carbonyl (C=O) groups is 1. The van der Waals surface area contributed by atoms with Crippen molar-refractivity contribution in [2.45, 2.75) is 18.9 Å². The minimum absolute atomic E-state index is 0.0654. The Hall–Kier alpha value is -2.51. The molecule has 26 heavy (non-hydrogen) atoms. The highest BCUT2D eigenvalue weighted by atomic mass is 32.1. The summed E-state index contributed by atoms with van der Waals surface area (Å²) in [6.45, 7) is 1.52. The lowest BCUT2D eigenvalue weighted by molar-refractivity contribution is 0.0903. The smallest absolute Gasteiger partial charge is 0.224 e. The van der Waals surface area contributed by atoms with Crippen molar-refractivity contribution >= 4 is 33.3 Å². The minimum Gasteiger partial charge on any atom is -0.496 e. The maximum Gasteiger partial charge on any atom is 0.224 e. The van der Waals surface area contributed by atoms with Crippen molar-refractivity contribution < 1.29 is 14.3 Å². The van der Waals surface area contributed by atoms with Gasteiger partial charge in [0, 0.05) is 30.8 Å². The van der Waals surface area contributed by atoms with E-state index in [1.165, 1.54) is 11.3 Å². The molecule has 4 rings (SSSR count). The van der Waals surface area contributed by atoms with Crippen LogP contribution in [0.2, 0.25) is 0 Å². The lowest BCUT2D eigenvalue weighted by Crippen LogP contribution is -2.28. The summed E-state index contributed by atoms with van der Waals surface area (Å²) in [6, 6.07) is 9.41. The Kier molecular flexibility index (Phi) is 4.81. The van der Waals surface area contributed by atoms with Gasteiger partial charge in [0.25, 0.3) is 0 Å². The number of rotatable bonds is 5. The number of ether oxygens (including phenoxy) is 2. The molecule has 134 valence electrons. The van der Waals surface area contributed by atoms with Crippen LogP contribution in [0.3, 0.4) is 0 Å². The normalized spacial score (nSPS) is 15.1. The fourth-order valence-electron chi connectivity index (χ4n) is 3.00. The number of aromatic nitrogens is 2. The van der Waals surface area contributed by atoms with Crippen LogP contribution in [0.15, 0.2) is 36.5 Å². The highest BCUT2D eigenvalue weighted by Gasteiger charge is 2.18. The standard InChI is InChI=1S/C19H19N3O3S/c1-24-15-5-3-2-4-14(15)17(23)16-10-12-11-20-19(22-18(12)26-16)21-13-6-8-25-9-7-13/h2-5,10-11,13H,6-9H2,1H3,(H,20,21,22). The third-order valence-electron chi connectivity index (χ3n) is 4.40. The van der Waals surface area contributed by atoms with Crippen molar-refractivity contribution in [3.8, 4) is 5.75 Å². The van der Waals surface area contributed by atoms with Crippen LogP contribution in [0.25, 0.3) is 10.2 Å². The van der Waals surface area contributed by atoms with Crippen LogP contribution in [0.4, 0.5) is 5.95 Å². The van der Waals surface area contributed by atoms with Gasteiger partial charge in [0.1, 0.15) is 10.6 Å². The summed E-state index contributed by atoms with van der Waals surface area (Å²) < 4.78 is 10.7. The Bertz CT molecular complexity index is 935. The van der Waals surface area contributed by atoms with Gasteiger partial charge in [-0.25, -0.2) is 9.97 Å². The van der Waals surface area contributed by atoms with Crippen molar-refractivity contribution in [3.63, 3.8) is 0 Å². The fraction of sp³-hybridized carbons (Fsp3) is 0.316. The number of carbonyl (C=O) groups excluding carboxylic acids is 1. The van der Waals surface area contributed by atoms with Gasteiger partial charge in [0.15, 0.2) is 0 Å². The van der Waals surface area contributed by atoms with Crippen molar-refractivity contribution in [3.05, 3.63) is 47.0 Å². The molecule has 3 aromatic rings. The minimum atomic E-state index is -0.0654. The van der Waals surface area contributed by atoms with Crippen LogP contribution < -0.4 is 10.1 Å². The van der Waals surface area contributed by atoms with Gasteiger partial charge in [0.05, 0.1) is 17.6 Å². The first-order valence-corrected chi connectivity index (χ1v) is 9.35. The summed E-state index contributed by atoms with van der Waals surface area (Å²) >= 11 is 1.37. The molecule has 0 amide bonds. The number of benzene rings is 1. The van der Waals surface area contributed by atoms with E-state index in [0.29, 0.717) is 28.2 Å². The van der Waals surface area contributed by atoms with Gasteiger partial charge < -0.3 is 14.8 Å². The van der Waals surface area contributed by atoms with Gasteiger partial charge in [-0.05, 0) is 31.0 Å². The highest BCUT2D eigenvalue weighted by molar-refractivity contribution is 7.20. The Morgan fingerprint density at radius 2 is 2.12 bits per heavy atom. The van der Waals surface area contributed by atoms with Crippen LogP contribution in [0.1, 0.15) is 28.1 Å². The molecule has 1 saturated heterocycles. The maximum absolute atomic E-state index is 12.9. The van der Waals surface area contributed by atoms with E-state index >= 15 is 0 Å². The number of anilines is 1. The van der Waals surface area contributed by atoms with E-state index in [-0.39, 0.29) is 5.78 Å². The van der Waals surface area contributed by atoms with E-state index in [2.05, 4.69) is 15.3 Å². The molecule has 3 heterocycles. The van der Waals surface area contributed by atoms with Gasteiger partial charge in [-0.1, -0.05) is 12.1 Å². The van der Waals surface area contributed by atoms with E-state index in [4.69, 9.17) is 9.47 Å². The van der Waals surface area contributed by atoms with Gasteiger partial charge in [-0.15, -0.1) is 11.3 Å². The second-order valence-electron chi connectivity index (χ2n) is 6.13. The Balaban J connectivity index is 1.60. The van der Waals surface area contributed by atoms with E-state index in [0.717, 1.165) is 36.3 Å². The van der Waals surface area contributed by atoms with E-state index in [1.54, 1.807) is 25.4 Å². The average Bonchev–Trinajstić information content (AvgIpc) is 3.11. The van der Waals surface area contributed by atoms with E-state index in [9.17, 15) is 4.79 Å². The van der Waals surface area contributed by atoms with Crippen LogP contribution in [0, 0.1) is 0 Å². The average molecular weight is 369 g/mol. The molecule has 1 aromatic carbocycles. The monoisotopic (exact) mass is 369 g/mol.